The van der Waals surface area contributed by atoms with Crippen LogP contribution in [0.4, 0.5) is 0 Å². The van der Waals surface area contributed by atoms with Crippen LogP contribution in [0.25, 0.3) is 0 Å². The number of hydrogen-bond donors (Lipinski definition) is 0. The highest BCUT2D eigenvalue weighted by atomic mass is 31.2. The first-order valence-electron chi connectivity index (χ1n) is 3.52. The van der Waals surface area contributed by atoms with Crippen molar-refractivity contribution in [2.24, 2.45) is 0 Å². The van der Waals surface area contributed by atoms with Crippen LogP contribution < -0.4 is 4.89 Å². The predicted molar refractivity (Wildman–Crippen MR) is 42.1 cm³/mol. The van der Waals surface area contributed by atoms with Gasteiger partial charge in [0.2, 0.25) is 0 Å². The lowest BCUT2D eigenvalue weighted by Gasteiger charge is -2.28. The summed E-state index contributed by atoms with van der Waals surface area (Å²) in [7, 11) is 2.08. The van der Waals surface area contributed by atoms with Crippen LogP contribution >= 0.6 is 7.60 Å². The molecule has 0 aromatic rings. The van der Waals surface area contributed by atoms with Gasteiger partial charge >= 0.3 is 0 Å². The van der Waals surface area contributed by atoms with E-state index >= 15 is 0 Å². The summed E-state index contributed by atoms with van der Waals surface area (Å²) < 4.78 is 16.0. The molecule has 4 nitrogen and oxygen atoms in total. The van der Waals surface area contributed by atoms with Crippen molar-refractivity contribution in [3.8, 4) is 0 Å². The molecule has 0 rings (SSSR count). The van der Waals surface area contributed by atoms with Gasteiger partial charge < -0.3 is 13.9 Å². The fourth-order valence-electron chi connectivity index (χ4n) is 0.352. The van der Waals surface area contributed by atoms with Crippen molar-refractivity contribution in [2.75, 3.05) is 34.0 Å². The Kier molecular flexibility index (Phi) is 3.71. The van der Waals surface area contributed by atoms with Crippen LogP contribution in [0, 0.1) is 0 Å². The summed E-state index contributed by atoms with van der Waals surface area (Å²) in [5.74, 6) is 0. The topological polar surface area (TPSA) is 49.4 Å². The maximum atomic E-state index is 10.8. The third-order valence-corrected chi connectivity index (χ3v) is 2.31. The largest absolute Gasteiger partial charge is 0.778 e. The summed E-state index contributed by atoms with van der Waals surface area (Å²) in [6.07, 6.45) is 0.0625. The summed E-state index contributed by atoms with van der Waals surface area (Å²) in [5.41, 5.74) is 0. The molecule has 0 aliphatic carbocycles. The molecule has 0 radical (unpaired) electrons. The van der Waals surface area contributed by atoms with Gasteiger partial charge in [0.15, 0.2) is 6.73 Å². The van der Waals surface area contributed by atoms with Crippen molar-refractivity contribution in [3.63, 3.8) is 0 Å². The normalized spacial score (nSPS) is 17.9. The van der Waals surface area contributed by atoms with Crippen LogP contribution in [0.2, 0.25) is 0 Å². The number of nitrogens with zero attached hydrogens (tertiary/aromatic N) is 1. The molecule has 0 aliphatic heterocycles. The zero-order valence-corrected chi connectivity index (χ0v) is 8.43. The van der Waals surface area contributed by atoms with Gasteiger partial charge in [0.25, 0.3) is 0 Å². The molecule has 68 valence electrons. The van der Waals surface area contributed by atoms with Gasteiger partial charge in [-0.1, -0.05) is 6.92 Å². The van der Waals surface area contributed by atoms with Gasteiger partial charge in [-0.25, -0.2) is 0 Å². The average molecular weight is 181 g/mol. The molecule has 0 saturated carbocycles. The van der Waals surface area contributed by atoms with Gasteiger partial charge in [0, 0.05) is 6.16 Å². The molecule has 0 saturated heterocycles. The molecule has 5 heteroatoms. The van der Waals surface area contributed by atoms with Gasteiger partial charge in [0.1, 0.15) is 7.60 Å². The smallest absolute Gasteiger partial charge is 0.188 e. The third kappa shape index (κ3) is 6.51. The van der Waals surface area contributed by atoms with E-state index in [-0.39, 0.29) is 12.9 Å². The maximum Gasteiger partial charge on any atom is 0.188 e. The number of quaternary nitrogens is 1. The lowest BCUT2D eigenvalue weighted by Crippen LogP contribution is -2.37. The molecule has 0 N–H and O–H groups in total. The van der Waals surface area contributed by atoms with Crippen LogP contribution in [0.1, 0.15) is 6.92 Å². The summed E-state index contributed by atoms with van der Waals surface area (Å²) >= 11 is 0. The SMILES string of the molecule is CCP(=O)([O-])OC[N+](C)(C)C. The minimum Gasteiger partial charge on any atom is -0.778 e. The first kappa shape index (κ1) is 11.1. The molecule has 0 bridgehead atoms. The van der Waals surface area contributed by atoms with E-state index in [1.807, 2.05) is 21.1 Å². The van der Waals surface area contributed by atoms with Crippen molar-refractivity contribution >= 4 is 7.60 Å². The third-order valence-electron chi connectivity index (χ3n) is 1.03. The Hall–Kier alpha value is 0.110. The standard InChI is InChI=1S/C6H16NO3P/c1-5-11(8,9)10-6-7(2,3)4/h5-6H2,1-4H3. The summed E-state index contributed by atoms with van der Waals surface area (Å²) in [4.78, 5) is 10.8. The molecule has 11 heavy (non-hydrogen) atoms. The molecular formula is C6H16NO3P. The molecule has 0 heterocycles. The lowest BCUT2D eigenvalue weighted by atomic mass is 10.7. The van der Waals surface area contributed by atoms with Gasteiger partial charge in [-0.3, -0.25) is 4.52 Å². The van der Waals surface area contributed by atoms with E-state index in [0.29, 0.717) is 4.48 Å². The van der Waals surface area contributed by atoms with E-state index in [2.05, 4.69) is 0 Å². The van der Waals surface area contributed by atoms with E-state index in [0.717, 1.165) is 0 Å². The summed E-state index contributed by atoms with van der Waals surface area (Å²) in [6, 6.07) is 0. The Morgan fingerprint density at radius 3 is 2.18 bits per heavy atom. The highest BCUT2D eigenvalue weighted by Crippen LogP contribution is 2.35. The van der Waals surface area contributed by atoms with Crippen molar-refractivity contribution < 1.29 is 18.5 Å². The van der Waals surface area contributed by atoms with Gasteiger partial charge in [0.05, 0.1) is 21.1 Å². The monoisotopic (exact) mass is 181 g/mol. The molecule has 0 amide bonds. The maximum absolute atomic E-state index is 10.8. The van der Waals surface area contributed by atoms with Crippen molar-refractivity contribution in [3.05, 3.63) is 0 Å². The second kappa shape index (κ2) is 3.68. The van der Waals surface area contributed by atoms with Crippen molar-refractivity contribution in [1.29, 1.82) is 0 Å². The first-order valence-corrected chi connectivity index (χ1v) is 5.25. The molecule has 0 aromatic carbocycles. The second-order valence-electron chi connectivity index (χ2n) is 3.48. The van der Waals surface area contributed by atoms with Gasteiger partial charge in [-0.15, -0.1) is 0 Å². The average Bonchev–Trinajstić information content (AvgIpc) is 1.83. The van der Waals surface area contributed by atoms with E-state index in [1.165, 1.54) is 0 Å². The Morgan fingerprint density at radius 1 is 1.45 bits per heavy atom. The molecule has 1 atom stereocenters. The van der Waals surface area contributed by atoms with Crippen molar-refractivity contribution in [1.82, 2.24) is 0 Å². The van der Waals surface area contributed by atoms with E-state index < -0.39 is 7.60 Å². The lowest BCUT2D eigenvalue weighted by molar-refractivity contribution is -0.887. The van der Waals surface area contributed by atoms with E-state index in [9.17, 15) is 9.46 Å². The van der Waals surface area contributed by atoms with Gasteiger partial charge in [-0.05, 0) is 0 Å². The summed E-state index contributed by atoms with van der Waals surface area (Å²) in [6.45, 7) is 1.78. The minimum atomic E-state index is -3.54. The van der Waals surface area contributed by atoms with Crippen LogP contribution in [0.3, 0.4) is 0 Å². The quantitative estimate of drug-likeness (QED) is 0.354. The molecule has 0 spiro atoms. The van der Waals surface area contributed by atoms with Crippen LogP contribution in [0.15, 0.2) is 0 Å². The molecular weight excluding hydrogens is 165 g/mol. The zero-order valence-electron chi connectivity index (χ0n) is 7.53. The van der Waals surface area contributed by atoms with Crippen LogP contribution in [-0.2, 0) is 9.09 Å². The van der Waals surface area contributed by atoms with Crippen LogP contribution in [0.5, 0.6) is 0 Å². The Labute approximate surface area is 67.9 Å². The van der Waals surface area contributed by atoms with Gasteiger partial charge in [-0.2, -0.15) is 0 Å². The molecule has 0 aromatic heterocycles. The molecule has 0 fully saturated rings. The fourth-order valence-corrected chi connectivity index (χ4v) is 1.06. The zero-order chi connectivity index (χ0) is 9.12. The minimum absolute atomic E-state index is 0.0625. The van der Waals surface area contributed by atoms with Crippen molar-refractivity contribution in [2.45, 2.75) is 6.92 Å². The van der Waals surface area contributed by atoms with E-state index in [1.54, 1.807) is 6.92 Å². The highest BCUT2D eigenvalue weighted by Gasteiger charge is 2.12. The first-order chi connectivity index (χ1) is 4.77. The summed E-state index contributed by atoms with van der Waals surface area (Å²) in [5, 5.41) is 0. The fraction of sp³-hybridized carbons (Fsp3) is 1.00. The Bertz CT molecular complexity index is 164. The van der Waals surface area contributed by atoms with Crippen LogP contribution in [-0.4, -0.2) is 38.5 Å². The predicted octanol–water partition coefficient (Wildman–Crippen LogP) is 0.240. The molecule has 1 unspecified atom stereocenters. The second-order valence-corrected chi connectivity index (χ2v) is 5.59. The number of rotatable bonds is 4. The van der Waals surface area contributed by atoms with E-state index in [4.69, 9.17) is 4.52 Å². The molecule has 0 aliphatic rings. The highest BCUT2D eigenvalue weighted by molar-refractivity contribution is 7.51. The Balaban J connectivity index is 3.80. The number of hydrogen-bond acceptors (Lipinski definition) is 3. The Morgan fingerprint density at radius 2 is 1.91 bits per heavy atom.